The van der Waals surface area contributed by atoms with Gasteiger partial charge in [-0.2, -0.15) is 0 Å². The summed E-state index contributed by atoms with van der Waals surface area (Å²) in [6, 6.07) is -0.00352. The molecule has 0 aliphatic carbocycles. The van der Waals surface area contributed by atoms with Crippen molar-refractivity contribution in [3.63, 3.8) is 0 Å². The van der Waals surface area contributed by atoms with Crippen LogP contribution in [0, 0.1) is 11.8 Å². The number of rotatable bonds is 3. The second-order valence-corrected chi connectivity index (χ2v) is 2.79. The number of nitrogens with one attached hydrogen (secondary N) is 1. The van der Waals surface area contributed by atoms with Gasteiger partial charge in [0.15, 0.2) is 0 Å². The Hall–Kier alpha value is -0.960. The molecule has 0 fully saturated rings. The minimum Gasteiger partial charge on any atom is -0.271 e. The summed E-state index contributed by atoms with van der Waals surface area (Å²) >= 11 is 1.31. The van der Waals surface area contributed by atoms with Gasteiger partial charge in [0, 0.05) is 11.8 Å². The van der Waals surface area contributed by atoms with Gasteiger partial charge >= 0.3 is 0 Å². The van der Waals surface area contributed by atoms with Crippen molar-refractivity contribution in [2.24, 2.45) is 5.84 Å². The molecule has 12 heavy (non-hydrogen) atoms. The molecule has 4 nitrogen and oxygen atoms in total. The van der Waals surface area contributed by atoms with Crippen molar-refractivity contribution in [1.29, 1.82) is 0 Å². The van der Waals surface area contributed by atoms with E-state index in [1.807, 2.05) is 5.38 Å². The summed E-state index contributed by atoms with van der Waals surface area (Å²) in [5.74, 6) is 11.1. The molecule has 0 aromatic carbocycles. The van der Waals surface area contributed by atoms with Crippen LogP contribution in [-0.4, -0.2) is 9.59 Å². The molecule has 0 aliphatic heterocycles. The van der Waals surface area contributed by atoms with Gasteiger partial charge in [-0.1, -0.05) is 4.49 Å². The molecule has 1 aromatic heterocycles. The third-order valence-electron chi connectivity index (χ3n) is 1.42. The minimum absolute atomic E-state index is 0.00352. The number of aromatic nitrogens is 2. The molecule has 0 bridgehead atoms. The summed E-state index contributed by atoms with van der Waals surface area (Å²) in [5.41, 5.74) is 3.49. The Bertz CT molecular complexity index is 271. The molecular formula is C7H10N4S. The molecule has 5 heteroatoms. The van der Waals surface area contributed by atoms with E-state index in [0.717, 1.165) is 5.69 Å². The average Bonchev–Trinajstić information content (AvgIpc) is 2.59. The normalized spacial score (nSPS) is 11.8. The van der Waals surface area contributed by atoms with Crippen molar-refractivity contribution in [3.8, 4) is 11.8 Å². The quantitative estimate of drug-likeness (QED) is 0.405. The van der Waals surface area contributed by atoms with Crippen LogP contribution >= 0.6 is 11.5 Å². The van der Waals surface area contributed by atoms with Crippen molar-refractivity contribution in [2.45, 2.75) is 19.4 Å². The lowest BCUT2D eigenvalue weighted by Gasteiger charge is -2.07. The van der Waals surface area contributed by atoms with E-state index in [2.05, 4.69) is 26.9 Å². The van der Waals surface area contributed by atoms with Crippen molar-refractivity contribution in [1.82, 2.24) is 15.0 Å². The van der Waals surface area contributed by atoms with Crippen LogP contribution in [0.25, 0.3) is 0 Å². The molecule has 1 heterocycles. The number of nitrogens with zero attached hydrogens (tertiary/aromatic N) is 2. The Balaban J connectivity index is 2.61. The minimum atomic E-state index is -0.00352. The molecule has 3 N–H and O–H groups in total. The lowest BCUT2D eigenvalue weighted by Crippen LogP contribution is -2.27. The van der Waals surface area contributed by atoms with E-state index in [9.17, 15) is 0 Å². The second-order valence-electron chi connectivity index (χ2n) is 2.18. The molecule has 0 spiro atoms. The van der Waals surface area contributed by atoms with Gasteiger partial charge in [0.25, 0.3) is 0 Å². The first-order valence-corrected chi connectivity index (χ1v) is 4.34. The summed E-state index contributed by atoms with van der Waals surface area (Å²) in [6.45, 7) is 1.80. The first-order valence-electron chi connectivity index (χ1n) is 3.51. The molecule has 64 valence electrons. The first-order chi connectivity index (χ1) is 5.88. The van der Waals surface area contributed by atoms with Crippen molar-refractivity contribution < 1.29 is 0 Å². The third kappa shape index (κ3) is 2.27. The van der Waals surface area contributed by atoms with Crippen LogP contribution in [0.5, 0.6) is 0 Å². The Morgan fingerprint density at radius 2 is 2.67 bits per heavy atom. The zero-order chi connectivity index (χ0) is 8.81. The van der Waals surface area contributed by atoms with Gasteiger partial charge in [-0.25, -0.2) is 0 Å². The number of hydrogen-bond acceptors (Lipinski definition) is 5. The van der Waals surface area contributed by atoms with E-state index in [1.165, 1.54) is 11.5 Å². The van der Waals surface area contributed by atoms with Crippen LogP contribution in [0.3, 0.4) is 0 Å². The molecule has 1 atom stereocenters. The molecule has 0 amide bonds. The fraction of sp³-hybridized carbons (Fsp3) is 0.429. The molecule has 0 saturated heterocycles. The van der Waals surface area contributed by atoms with Crippen LogP contribution in [0.4, 0.5) is 0 Å². The summed E-state index contributed by atoms with van der Waals surface area (Å²) in [5, 5.41) is 5.76. The monoisotopic (exact) mass is 182 g/mol. The van der Waals surface area contributed by atoms with Crippen LogP contribution in [0.2, 0.25) is 0 Å². The summed E-state index contributed by atoms with van der Waals surface area (Å²) in [7, 11) is 0. The zero-order valence-corrected chi connectivity index (χ0v) is 7.56. The first kappa shape index (κ1) is 9.13. The topological polar surface area (TPSA) is 63.8 Å². The van der Waals surface area contributed by atoms with E-state index in [0.29, 0.717) is 6.42 Å². The highest BCUT2D eigenvalue weighted by Crippen LogP contribution is 2.12. The fourth-order valence-electron chi connectivity index (χ4n) is 0.777. The lowest BCUT2D eigenvalue weighted by atomic mass is 10.2. The average molecular weight is 182 g/mol. The predicted molar refractivity (Wildman–Crippen MR) is 48.0 cm³/mol. The van der Waals surface area contributed by atoms with E-state index in [1.54, 1.807) is 6.92 Å². The van der Waals surface area contributed by atoms with Crippen LogP contribution < -0.4 is 11.3 Å². The summed E-state index contributed by atoms with van der Waals surface area (Å²) < 4.78 is 3.75. The van der Waals surface area contributed by atoms with Gasteiger partial charge in [0.2, 0.25) is 0 Å². The summed E-state index contributed by atoms with van der Waals surface area (Å²) in [4.78, 5) is 0. The number of hydrazine groups is 1. The number of nitrogens with two attached hydrogens (primary N) is 1. The van der Waals surface area contributed by atoms with Gasteiger partial charge < -0.3 is 0 Å². The Kier molecular flexibility index (Phi) is 3.67. The molecule has 0 saturated carbocycles. The van der Waals surface area contributed by atoms with Gasteiger partial charge in [-0.05, 0) is 18.5 Å². The highest BCUT2D eigenvalue weighted by atomic mass is 32.1. The molecule has 0 aliphatic rings. The maximum atomic E-state index is 5.32. The maximum Gasteiger partial charge on any atom is 0.0947 e. The standard InChI is InChI=1S/C7H10N4S/c1-2-3-4-6(9-8)7-5-12-11-10-7/h5-6,9H,4,8H2,1H3. The van der Waals surface area contributed by atoms with E-state index >= 15 is 0 Å². The zero-order valence-electron chi connectivity index (χ0n) is 6.74. The molecule has 0 radical (unpaired) electrons. The van der Waals surface area contributed by atoms with E-state index in [-0.39, 0.29) is 6.04 Å². The summed E-state index contributed by atoms with van der Waals surface area (Å²) in [6.07, 6.45) is 0.665. The van der Waals surface area contributed by atoms with Crippen LogP contribution in [-0.2, 0) is 0 Å². The van der Waals surface area contributed by atoms with Gasteiger partial charge in [0.1, 0.15) is 0 Å². The van der Waals surface area contributed by atoms with E-state index in [4.69, 9.17) is 5.84 Å². The second kappa shape index (κ2) is 4.83. The van der Waals surface area contributed by atoms with Crippen molar-refractivity contribution >= 4 is 11.5 Å². The maximum absolute atomic E-state index is 5.32. The van der Waals surface area contributed by atoms with Crippen molar-refractivity contribution in [2.75, 3.05) is 0 Å². The van der Waals surface area contributed by atoms with E-state index < -0.39 is 0 Å². The van der Waals surface area contributed by atoms with Gasteiger partial charge in [-0.15, -0.1) is 16.9 Å². The Labute approximate surface area is 75.3 Å². The predicted octanol–water partition coefficient (Wildman–Crippen LogP) is 0.456. The van der Waals surface area contributed by atoms with Gasteiger partial charge in [0.05, 0.1) is 11.7 Å². The Morgan fingerprint density at radius 3 is 3.17 bits per heavy atom. The molecule has 1 rings (SSSR count). The number of hydrogen-bond donors (Lipinski definition) is 2. The van der Waals surface area contributed by atoms with Gasteiger partial charge in [-0.3, -0.25) is 11.3 Å². The molecule has 1 unspecified atom stereocenters. The highest BCUT2D eigenvalue weighted by Gasteiger charge is 2.09. The third-order valence-corrected chi connectivity index (χ3v) is 1.94. The fourth-order valence-corrected chi connectivity index (χ4v) is 1.28. The largest absolute Gasteiger partial charge is 0.271 e. The van der Waals surface area contributed by atoms with Crippen LogP contribution in [0.15, 0.2) is 5.38 Å². The highest BCUT2D eigenvalue weighted by molar-refractivity contribution is 7.03. The SMILES string of the molecule is CC#CCC(NN)c1csnn1. The van der Waals surface area contributed by atoms with Crippen LogP contribution in [0.1, 0.15) is 25.1 Å². The molecule has 1 aromatic rings. The lowest BCUT2D eigenvalue weighted by molar-refractivity contribution is 0.552. The molecular weight excluding hydrogens is 172 g/mol. The Morgan fingerprint density at radius 1 is 1.83 bits per heavy atom. The smallest absolute Gasteiger partial charge is 0.0947 e. The van der Waals surface area contributed by atoms with Crippen molar-refractivity contribution in [3.05, 3.63) is 11.1 Å².